The van der Waals surface area contributed by atoms with Crippen molar-refractivity contribution in [2.45, 2.75) is 46.5 Å². The van der Waals surface area contributed by atoms with Crippen LogP contribution in [0.15, 0.2) is 0 Å². The summed E-state index contributed by atoms with van der Waals surface area (Å²) < 4.78 is 0. The molecule has 1 aliphatic heterocycles. The second kappa shape index (κ2) is 4.48. The number of carbonyl (C=O) groups excluding carboxylic acids is 1. The zero-order valence-electron chi connectivity index (χ0n) is 10.9. The van der Waals surface area contributed by atoms with Crippen molar-refractivity contribution in [2.75, 3.05) is 13.1 Å². The minimum Gasteiger partial charge on any atom is -0.316 e. The third-order valence-corrected chi connectivity index (χ3v) is 5.21. The van der Waals surface area contributed by atoms with Gasteiger partial charge in [-0.1, -0.05) is 26.7 Å². The van der Waals surface area contributed by atoms with E-state index in [1.807, 2.05) is 0 Å². The normalized spacial score (nSPS) is 42.3. The molecule has 92 valence electrons. The van der Waals surface area contributed by atoms with Crippen molar-refractivity contribution in [2.24, 2.45) is 23.2 Å². The number of carbonyl (C=O) groups is 1. The molecule has 1 saturated carbocycles. The van der Waals surface area contributed by atoms with E-state index in [1.165, 1.54) is 25.7 Å². The van der Waals surface area contributed by atoms with E-state index >= 15 is 0 Å². The summed E-state index contributed by atoms with van der Waals surface area (Å²) in [5.74, 6) is 2.43. The summed E-state index contributed by atoms with van der Waals surface area (Å²) in [6.07, 6.45) is 5.05. The molecule has 1 N–H and O–H groups in total. The lowest BCUT2D eigenvalue weighted by atomic mass is 9.69. The summed E-state index contributed by atoms with van der Waals surface area (Å²) in [6, 6.07) is 0. The third-order valence-electron chi connectivity index (χ3n) is 5.21. The van der Waals surface area contributed by atoms with Gasteiger partial charge in [-0.05, 0) is 50.6 Å². The van der Waals surface area contributed by atoms with Crippen molar-refractivity contribution < 1.29 is 4.79 Å². The molecule has 1 heterocycles. The van der Waals surface area contributed by atoms with Crippen molar-refractivity contribution >= 4 is 5.78 Å². The SMILES string of the molecule is CCCCC1CC2CNCC2C1(C)C(C)=O. The van der Waals surface area contributed by atoms with Crippen LogP contribution in [0, 0.1) is 23.2 Å². The number of rotatable bonds is 4. The quantitative estimate of drug-likeness (QED) is 0.794. The molecular weight excluding hydrogens is 198 g/mol. The van der Waals surface area contributed by atoms with Gasteiger partial charge in [-0.15, -0.1) is 0 Å². The first-order chi connectivity index (χ1) is 7.60. The Kier molecular flexibility index (Phi) is 3.39. The van der Waals surface area contributed by atoms with Gasteiger partial charge in [0.2, 0.25) is 0 Å². The summed E-state index contributed by atoms with van der Waals surface area (Å²) in [4.78, 5) is 12.1. The molecule has 2 nitrogen and oxygen atoms in total. The predicted octanol–water partition coefficient (Wildman–Crippen LogP) is 2.63. The summed E-state index contributed by atoms with van der Waals surface area (Å²) in [5.41, 5.74) is -0.0384. The number of hydrogen-bond acceptors (Lipinski definition) is 2. The Bertz CT molecular complexity index is 276. The summed E-state index contributed by atoms with van der Waals surface area (Å²) in [5, 5.41) is 3.46. The second-order valence-electron chi connectivity index (χ2n) is 5.94. The van der Waals surface area contributed by atoms with E-state index in [0.29, 0.717) is 17.6 Å². The Morgan fingerprint density at radius 3 is 2.81 bits per heavy atom. The van der Waals surface area contributed by atoms with Crippen LogP contribution in [0.2, 0.25) is 0 Å². The van der Waals surface area contributed by atoms with Crippen LogP contribution in [0.3, 0.4) is 0 Å². The highest BCUT2D eigenvalue weighted by molar-refractivity contribution is 5.83. The monoisotopic (exact) mass is 223 g/mol. The fourth-order valence-electron chi connectivity index (χ4n) is 4.01. The minimum absolute atomic E-state index is 0.0384. The molecule has 0 radical (unpaired) electrons. The maximum atomic E-state index is 12.1. The van der Waals surface area contributed by atoms with Crippen LogP contribution >= 0.6 is 0 Å². The first kappa shape index (κ1) is 12.1. The fourth-order valence-corrected chi connectivity index (χ4v) is 4.01. The highest BCUT2D eigenvalue weighted by atomic mass is 16.1. The molecule has 4 unspecified atom stereocenters. The second-order valence-corrected chi connectivity index (χ2v) is 5.94. The van der Waals surface area contributed by atoms with Gasteiger partial charge in [0.1, 0.15) is 5.78 Å². The molecule has 0 spiro atoms. The van der Waals surface area contributed by atoms with Gasteiger partial charge in [0.15, 0.2) is 0 Å². The molecule has 0 bridgehead atoms. The van der Waals surface area contributed by atoms with Gasteiger partial charge in [-0.3, -0.25) is 4.79 Å². The van der Waals surface area contributed by atoms with Crippen molar-refractivity contribution in [3.63, 3.8) is 0 Å². The van der Waals surface area contributed by atoms with Crippen molar-refractivity contribution in [1.29, 1.82) is 0 Å². The standard InChI is InChI=1S/C14H25NO/c1-4-5-6-12-7-11-8-15-9-13(11)14(12,3)10(2)16/h11-13,15H,4-9H2,1-3H3. The molecule has 2 aliphatic rings. The van der Waals surface area contributed by atoms with Crippen molar-refractivity contribution in [3.8, 4) is 0 Å². The lowest BCUT2D eigenvalue weighted by Gasteiger charge is -2.34. The molecule has 4 atom stereocenters. The Morgan fingerprint density at radius 1 is 1.44 bits per heavy atom. The maximum absolute atomic E-state index is 12.1. The Balaban J connectivity index is 2.16. The first-order valence-electron chi connectivity index (χ1n) is 6.82. The summed E-state index contributed by atoms with van der Waals surface area (Å²) >= 11 is 0. The van der Waals surface area contributed by atoms with Crippen LogP contribution in [-0.4, -0.2) is 18.9 Å². The fraction of sp³-hybridized carbons (Fsp3) is 0.929. The van der Waals surface area contributed by atoms with Gasteiger partial charge >= 0.3 is 0 Å². The van der Waals surface area contributed by atoms with E-state index in [4.69, 9.17) is 0 Å². The predicted molar refractivity (Wildman–Crippen MR) is 66.3 cm³/mol. The molecule has 1 saturated heterocycles. The van der Waals surface area contributed by atoms with Gasteiger partial charge in [-0.2, -0.15) is 0 Å². The molecule has 0 amide bonds. The zero-order chi connectivity index (χ0) is 11.8. The van der Waals surface area contributed by atoms with Crippen LogP contribution < -0.4 is 5.32 Å². The molecule has 0 aromatic carbocycles. The van der Waals surface area contributed by atoms with Gasteiger partial charge in [0.05, 0.1) is 0 Å². The number of hydrogen-bond donors (Lipinski definition) is 1. The van der Waals surface area contributed by atoms with E-state index < -0.39 is 0 Å². The molecule has 2 heteroatoms. The highest BCUT2D eigenvalue weighted by Crippen LogP contribution is 2.54. The van der Waals surface area contributed by atoms with Gasteiger partial charge in [0.25, 0.3) is 0 Å². The minimum atomic E-state index is -0.0384. The Hall–Kier alpha value is -0.370. The van der Waals surface area contributed by atoms with Gasteiger partial charge < -0.3 is 5.32 Å². The lowest BCUT2D eigenvalue weighted by molar-refractivity contribution is -0.130. The zero-order valence-corrected chi connectivity index (χ0v) is 10.9. The summed E-state index contributed by atoms with van der Waals surface area (Å²) in [7, 11) is 0. The average Bonchev–Trinajstić information content (AvgIpc) is 2.78. The molecule has 1 aliphatic carbocycles. The molecule has 0 aromatic heterocycles. The van der Waals surface area contributed by atoms with Crippen LogP contribution in [-0.2, 0) is 4.79 Å². The first-order valence-corrected chi connectivity index (χ1v) is 6.82. The lowest BCUT2D eigenvalue weighted by Crippen LogP contribution is -2.38. The molecule has 2 rings (SSSR count). The molecular formula is C14H25NO. The Morgan fingerprint density at radius 2 is 2.19 bits per heavy atom. The topological polar surface area (TPSA) is 29.1 Å². The number of nitrogens with one attached hydrogen (secondary N) is 1. The van der Waals surface area contributed by atoms with Crippen molar-refractivity contribution in [1.82, 2.24) is 5.32 Å². The van der Waals surface area contributed by atoms with Gasteiger partial charge in [0, 0.05) is 5.41 Å². The number of fused-ring (bicyclic) bond motifs is 1. The molecule has 16 heavy (non-hydrogen) atoms. The number of unbranched alkanes of at least 4 members (excludes halogenated alkanes) is 1. The van der Waals surface area contributed by atoms with Gasteiger partial charge in [-0.25, -0.2) is 0 Å². The number of Topliss-reactive ketones (excluding diaryl/α,β-unsaturated/α-hetero) is 1. The van der Waals surface area contributed by atoms with Crippen LogP contribution in [0.1, 0.15) is 46.5 Å². The number of ketones is 1. The van der Waals surface area contributed by atoms with E-state index in [1.54, 1.807) is 6.92 Å². The van der Waals surface area contributed by atoms with Crippen molar-refractivity contribution in [3.05, 3.63) is 0 Å². The smallest absolute Gasteiger partial charge is 0.136 e. The van der Waals surface area contributed by atoms with Crippen LogP contribution in [0.4, 0.5) is 0 Å². The molecule has 0 aromatic rings. The largest absolute Gasteiger partial charge is 0.316 e. The average molecular weight is 223 g/mol. The Labute approximate surface area is 99.2 Å². The maximum Gasteiger partial charge on any atom is 0.136 e. The van der Waals surface area contributed by atoms with E-state index in [9.17, 15) is 4.79 Å². The molecule has 2 fully saturated rings. The van der Waals surface area contributed by atoms with E-state index in [0.717, 1.165) is 19.0 Å². The van der Waals surface area contributed by atoms with E-state index in [2.05, 4.69) is 19.2 Å². The van der Waals surface area contributed by atoms with Crippen LogP contribution in [0.25, 0.3) is 0 Å². The van der Waals surface area contributed by atoms with Crippen LogP contribution in [0.5, 0.6) is 0 Å². The highest BCUT2D eigenvalue weighted by Gasteiger charge is 2.55. The summed E-state index contributed by atoms with van der Waals surface area (Å²) in [6.45, 7) is 8.47. The third kappa shape index (κ3) is 1.71. The van der Waals surface area contributed by atoms with E-state index in [-0.39, 0.29) is 5.41 Å².